The maximum atomic E-state index is 12.9. The SMILES string of the molecule is CC(C)(C)OC(=O)/C=C/O[C@H]1C[C@@H](C(=O)OCc2ccccc2)N(C(=O)OCc2ccccc2)C1. The molecule has 1 aliphatic heterocycles. The largest absolute Gasteiger partial charge is 0.496 e. The maximum absolute atomic E-state index is 12.9. The summed E-state index contributed by atoms with van der Waals surface area (Å²) in [5.74, 6) is -1.10. The van der Waals surface area contributed by atoms with Gasteiger partial charge in [0.1, 0.15) is 31.0 Å². The Bertz CT molecular complexity index is 951. The lowest BCUT2D eigenvalue weighted by Crippen LogP contribution is -2.41. The molecule has 8 heteroatoms. The molecule has 0 N–H and O–H groups in total. The van der Waals surface area contributed by atoms with Crippen LogP contribution in [0.4, 0.5) is 4.79 Å². The van der Waals surface area contributed by atoms with Gasteiger partial charge >= 0.3 is 18.0 Å². The summed E-state index contributed by atoms with van der Waals surface area (Å²) in [4.78, 5) is 38.9. The first kappa shape index (κ1) is 25.8. The highest BCUT2D eigenvalue weighted by molar-refractivity contribution is 5.83. The number of likely N-dealkylation sites (tertiary alicyclic amines) is 1. The van der Waals surface area contributed by atoms with Crippen molar-refractivity contribution in [2.45, 2.75) is 58.2 Å². The summed E-state index contributed by atoms with van der Waals surface area (Å²) in [5, 5.41) is 0. The maximum Gasteiger partial charge on any atom is 0.410 e. The summed E-state index contributed by atoms with van der Waals surface area (Å²) < 4.78 is 21.7. The molecular weight excluding hydrogens is 450 g/mol. The summed E-state index contributed by atoms with van der Waals surface area (Å²) in [6, 6.07) is 17.7. The molecule has 3 rings (SSSR count). The number of carbonyl (C=O) groups is 3. The Labute approximate surface area is 205 Å². The van der Waals surface area contributed by atoms with Crippen molar-refractivity contribution in [1.82, 2.24) is 4.90 Å². The molecule has 0 saturated carbocycles. The van der Waals surface area contributed by atoms with E-state index in [-0.39, 0.29) is 26.2 Å². The number of ether oxygens (including phenoxy) is 4. The number of carbonyl (C=O) groups excluding carboxylic acids is 3. The third-order valence-corrected chi connectivity index (χ3v) is 5.08. The summed E-state index contributed by atoms with van der Waals surface area (Å²) in [7, 11) is 0. The standard InChI is InChI=1S/C27H31NO7/c1-27(2,3)35-24(29)14-15-32-22-16-23(25(30)33-18-20-10-6-4-7-11-20)28(17-22)26(31)34-19-21-12-8-5-9-13-21/h4-15,22-23H,16-19H2,1-3H3/b15-14+/t22-,23-/m0/s1. The Morgan fingerprint density at radius 3 is 2.06 bits per heavy atom. The van der Waals surface area contributed by atoms with Gasteiger partial charge in [-0.15, -0.1) is 0 Å². The van der Waals surface area contributed by atoms with E-state index in [1.54, 1.807) is 20.8 Å². The van der Waals surface area contributed by atoms with Crippen LogP contribution in [0.25, 0.3) is 0 Å². The molecule has 0 unspecified atom stereocenters. The van der Waals surface area contributed by atoms with Crippen LogP contribution in [0.3, 0.4) is 0 Å². The van der Waals surface area contributed by atoms with E-state index in [0.29, 0.717) is 0 Å². The predicted molar refractivity (Wildman–Crippen MR) is 128 cm³/mol. The molecule has 35 heavy (non-hydrogen) atoms. The molecule has 2 aromatic rings. The number of hydrogen-bond acceptors (Lipinski definition) is 7. The van der Waals surface area contributed by atoms with Gasteiger partial charge in [-0.1, -0.05) is 60.7 Å². The molecule has 1 amide bonds. The number of nitrogens with zero attached hydrogens (tertiary/aromatic N) is 1. The molecule has 0 bridgehead atoms. The normalized spacial score (nSPS) is 17.7. The smallest absolute Gasteiger partial charge is 0.410 e. The highest BCUT2D eigenvalue weighted by atomic mass is 16.6. The summed E-state index contributed by atoms with van der Waals surface area (Å²) >= 11 is 0. The first-order chi connectivity index (χ1) is 16.7. The molecule has 186 valence electrons. The van der Waals surface area contributed by atoms with Crippen LogP contribution in [-0.4, -0.2) is 47.2 Å². The second-order valence-electron chi connectivity index (χ2n) is 9.13. The zero-order chi connectivity index (χ0) is 25.3. The number of esters is 2. The number of benzene rings is 2. The molecule has 0 radical (unpaired) electrons. The topological polar surface area (TPSA) is 91.4 Å². The van der Waals surface area contributed by atoms with Crippen LogP contribution in [0.15, 0.2) is 73.0 Å². The van der Waals surface area contributed by atoms with Gasteiger partial charge in [-0.3, -0.25) is 4.90 Å². The molecular formula is C27H31NO7. The molecule has 1 saturated heterocycles. The molecule has 2 atom stereocenters. The van der Waals surface area contributed by atoms with Crippen molar-refractivity contribution >= 4 is 18.0 Å². The van der Waals surface area contributed by atoms with Crippen molar-refractivity contribution in [2.24, 2.45) is 0 Å². The number of hydrogen-bond donors (Lipinski definition) is 0. The number of amides is 1. The summed E-state index contributed by atoms with van der Waals surface area (Å²) in [5.41, 5.74) is 1.04. The fourth-order valence-electron chi connectivity index (χ4n) is 3.49. The highest BCUT2D eigenvalue weighted by Crippen LogP contribution is 2.24. The quantitative estimate of drug-likeness (QED) is 0.239. The molecule has 2 aromatic carbocycles. The minimum atomic E-state index is -0.873. The fourth-order valence-corrected chi connectivity index (χ4v) is 3.49. The Morgan fingerprint density at radius 1 is 0.914 bits per heavy atom. The van der Waals surface area contributed by atoms with Crippen LogP contribution >= 0.6 is 0 Å². The average molecular weight is 482 g/mol. The molecule has 1 aliphatic rings. The van der Waals surface area contributed by atoms with Gasteiger partial charge in [0.05, 0.1) is 18.9 Å². The third kappa shape index (κ3) is 8.48. The second kappa shape index (κ2) is 12.1. The van der Waals surface area contributed by atoms with E-state index in [4.69, 9.17) is 18.9 Å². The Kier molecular flexibility index (Phi) is 8.89. The van der Waals surface area contributed by atoms with E-state index in [0.717, 1.165) is 11.1 Å². The van der Waals surface area contributed by atoms with Gasteiger partial charge < -0.3 is 18.9 Å². The lowest BCUT2D eigenvalue weighted by Gasteiger charge is -2.22. The van der Waals surface area contributed by atoms with Crippen LogP contribution in [0.5, 0.6) is 0 Å². The lowest BCUT2D eigenvalue weighted by atomic mass is 10.2. The predicted octanol–water partition coefficient (Wildman–Crippen LogP) is 4.38. The zero-order valence-corrected chi connectivity index (χ0v) is 20.2. The van der Waals surface area contributed by atoms with Gasteiger partial charge in [-0.2, -0.15) is 0 Å². The molecule has 1 heterocycles. The fraction of sp³-hybridized carbons (Fsp3) is 0.370. The van der Waals surface area contributed by atoms with Gasteiger partial charge in [-0.25, -0.2) is 14.4 Å². The summed E-state index contributed by atoms with van der Waals surface area (Å²) in [6.45, 7) is 5.57. The highest BCUT2D eigenvalue weighted by Gasteiger charge is 2.42. The minimum absolute atomic E-state index is 0.0754. The lowest BCUT2D eigenvalue weighted by molar-refractivity contribution is -0.150. The van der Waals surface area contributed by atoms with Crippen LogP contribution in [0.2, 0.25) is 0 Å². The van der Waals surface area contributed by atoms with E-state index in [1.165, 1.54) is 17.2 Å². The van der Waals surface area contributed by atoms with E-state index >= 15 is 0 Å². The van der Waals surface area contributed by atoms with E-state index in [9.17, 15) is 14.4 Å². The van der Waals surface area contributed by atoms with Crippen LogP contribution in [0.1, 0.15) is 38.3 Å². The molecule has 0 spiro atoms. The average Bonchev–Trinajstić information content (AvgIpc) is 3.25. The van der Waals surface area contributed by atoms with Gasteiger partial charge in [0.2, 0.25) is 0 Å². The Morgan fingerprint density at radius 2 is 1.49 bits per heavy atom. The van der Waals surface area contributed by atoms with Crippen LogP contribution in [-0.2, 0) is 41.8 Å². The molecule has 0 aromatic heterocycles. The van der Waals surface area contributed by atoms with Crippen molar-refractivity contribution in [3.05, 3.63) is 84.1 Å². The molecule has 1 fully saturated rings. The van der Waals surface area contributed by atoms with Gasteiger partial charge in [0.25, 0.3) is 0 Å². The van der Waals surface area contributed by atoms with Crippen molar-refractivity contribution in [3.63, 3.8) is 0 Å². The first-order valence-electron chi connectivity index (χ1n) is 11.4. The van der Waals surface area contributed by atoms with Crippen molar-refractivity contribution in [2.75, 3.05) is 6.54 Å². The molecule has 0 aliphatic carbocycles. The van der Waals surface area contributed by atoms with Crippen LogP contribution < -0.4 is 0 Å². The Hall–Kier alpha value is -3.81. The van der Waals surface area contributed by atoms with Crippen molar-refractivity contribution in [3.8, 4) is 0 Å². The minimum Gasteiger partial charge on any atom is -0.496 e. The van der Waals surface area contributed by atoms with Crippen molar-refractivity contribution in [1.29, 1.82) is 0 Å². The van der Waals surface area contributed by atoms with Crippen molar-refractivity contribution < 1.29 is 33.3 Å². The summed E-state index contributed by atoms with van der Waals surface area (Å²) in [6.07, 6.45) is 1.44. The monoisotopic (exact) mass is 481 g/mol. The zero-order valence-electron chi connectivity index (χ0n) is 20.2. The Balaban J connectivity index is 1.62. The van der Waals surface area contributed by atoms with E-state index in [2.05, 4.69) is 0 Å². The van der Waals surface area contributed by atoms with Gasteiger partial charge in [-0.05, 0) is 31.9 Å². The van der Waals surface area contributed by atoms with E-state index in [1.807, 2.05) is 60.7 Å². The number of rotatable bonds is 8. The molecule has 8 nitrogen and oxygen atoms in total. The van der Waals surface area contributed by atoms with E-state index < -0.39 is 35.8 Å². The second-order valence-corrected chi connectivity index (χ2v) is 9.13. The van der Waals surface area contributed by atoms with Crippen LogP contribution in [0, 0.1) is 0 Å². The first-order valence-corrected chi connectivity index (χ1v) is 11.4. The van der Waals surface area contributed by atoms with Gasteiger partial charge in [0, 0.05) is 6.42 Å². The third-order valence-electron chi connectivity index (χ3n) is 5.08. The van der Waals surface area contributed by atoms with Gasteiger partial charge in [0.15, 0.2) is 0 Å².